The van der Waals surface area contributed by atoms with Crippen LogP contribution in [0.25, 0.3) is 0 Å². The van der Waals surface area contributed by atoms with Crippen LogP contribution in [0.2, 0.25) is 0 Å². The van der Waals surface area contributed by atoms with Gasteiger partial charge in [-0.05, 0) is 43.0 Å². The predicted octanol–water partition coefficient (Wildman–Crippen LogP) is 3.88. The Morgan fingerprint density at radius 3 is 2.15 bits per heavy atom. The lowest BCUT2D eigenvalue weighted by Crippen LogP contribution is -2.47. The van der Waals surface area contributed by atoms with Gasteiger partial charge in [-0.2, -0.15) is 0 Å². The molecule has 1 aliphatic carbocycles. The number of benzene rings is 1. The van der Waals surface area contributed by atoms with Crippen molar-refractivity contribution in [3.8, 4) is 11.5 Å². The summed E-state index contributed by atoms with van der Waals surface area (Å²) in [5.74, 6) is 2.21. The van der Waals surface area contributed by atoms with E-state index in [1.807, 2.05) is 12.1 Å². The second-order valence-corrected chi connectivity index (χ2v) is 5.61. The summed E-state index contributed by atoms with van der Waals surface area (Å²) >= 11 is 0. The van der Waals surface area contributed by atoms with Gasteiger partial charge in [-0.15, -0.1) is 0 Å². The van der Waals surface area contributed by atoms with Crippen molar-refractivity contribution in [1.29, 1.82) is 0 Å². The van der Waals surface area contributed by atoms with Crippen LogP contribution in [0.15, 0.2) is 12.1 Å². The van der Waals surface area contributed by atoms with Gasteiger partial charge in [0.05, 0.1) is 14.2 Å². The Balaban J connectivity index is 2.46. The van der Waals surface area contributed by atoms with Crippen molar-refractivity contribution in [3.05, 3.63) is 23.3 Å². The van der Waals surface area contributed by atoms with Crippen molar-refractivity contribution in [2.75, 3.05) is 14.2 Å². The highest BCUT2D eigenvalue weighted by atomic mass is 16.5. The van der Waals surface area contributed by atoms with Crippen LogP contribution < -0.4 is 9.47 Å². The Labute approximate surface area is 121 Å². The van der Waals surface area contributed by atoms with Gasteiger partial charge in [-0.3, -0.25) is 4.79 Å². The van der Waals surface area contributed by atoms with Gasteiger partial charge in [0.15, 0.2) is 11.5 Å². The normalized spacial score (nSPS) is 20.4. The summed E-state index contributed by atoms with van der Waals surface area (Å²) in [7, 11) is 3.29. The van der Waals surface area contributed by atoms with Crippen LogP contribution in [0.5, 0.6) is 11.5 Å². The lowest BCUT2D eigenvalue weighted by Gasteiger charge is -2.48. The molecule has 0 bridgehead atoms. The molecule has 20 heavy (non-hydrogen) atoms. The molecule has 0 radical (unpaired) electrons. The fourth-order valence-corrected chi connectivity index (χ4v) is 3.56. The maximum absolute atomic E-state index is 12.1. The van der Waals surface area contributed by atoms with Gasteiger partial charge in [-0.25, -0.2) is 0 Å². The van der Waals surface area contributed by atoms with Crippen LogP contribution in [-0.4, -0.2) is 20.0 Å². The smallest absolute Gasteiger partial charge is 0.161 e. The van der Waals surface area contributed by atoms with Crippen LogP contribution >= 0.6 is 0 Å². The molecule has 0 saturated heterocycles. The topological polar surface area (TPSA) is 35.5 Å². The van der Waals surface area contributed by atoms with Gasteiger partial charge in [0.1, 0.15) is 5.78 Å². The van der Waals surface area contributed by atoms with Crippen molar-refractivity contribution in [2.24, 2.45) is 5.41 Å². The zero-order valence-corrected chi connectivity index (χ0v) is 13.1. The lowest BCUT2D eigenvalue weighted by atomic mass is 9.54. The fraction of sp³-hybridized carbons (Fsp3) is 0.588. The van der Waals surface area contributed by atoms with Gasteiger partial charge < -0.3 is 9.47 Å². The first kappa shape index (κ1) is 14.9. The number of aryl methyl sites for hydroxylation is 1. The molecular formula is C17H24O3. The number of ether oxygens (including phenoxy) is 2. The number of hydrogen-bond donors (Lipinski definition) is 0. The van der Waals surface area contributed by atoms with E-state index in [0.717, 1.165) is 24.3 Å². The van der Waals surface area contributed by atoms with E-state index < -0.39 is 0 Å². The SMILES string of the molecule is CCC1(CC)C(=O)CC1c1cc(OC)c(OC)cc1C. The molecule has 1 unspecified atom stereocenters. The van der Waals surface area contributed by atoms with Crippen molar-refractivity contribution in [2.45, 2.75) is 46.0 Å². The van der Waals surface area contributed by atoms with Crippen LogP contribution in [0.4, 0.5) is 0 Å². The number of carbonyl (C=O) groups excluding carboxylic acids is 1. The summed E-state index contributed by atoms with van der Waals surface area (Å²) in [4.78, 5) is 12.1. The average molecular weight is 276 g/mol. The largest absolute Gasteiger partial charge is 0.493 e. The summed E-state index contributed by atoms with van der Waals surface area (Å²) in [6, 6.07) is 4.05. The number of ketones is 1. The molecular weight excluding hydrogens is 252 g/mol. The van der Waals surface area contributed by atoms with E-state index in [1.54, 1.807) is 14.2 Å². The number of hydrogen-bond acceptors (Lipinski definition) is 3. The zero-order chi connectivity index (χ0) is 14.9. The molecule has 1 saturated carbocycles. The standard InChI is InChI=1S/C17H24O3/c1-6-17(7-2)13(10-16(17)18)12-9-15(20-5)14(19-4)8-11(12)3/h8-9,13H,6-7,10H2,1-5H3. The molecule has 0 heterocycles. The summed E-state index contributed by atoms with van der Waals surface area (Å²) in [6.45, 7) is 6.31. The Kier molecular flexibility index (Phi) is 4.07. The molecule has 0 aromatic heterocycles. The average Bonchev–Trinajstić information content (AvgIpc) is 2.46. The van der Waals surface area contributed by atoms with E-state index in [4.69, 9.17) is 9.47 Å². The van der Waals surface area contributed by atoms with E-state index in [9.17, 15) is 4.79 Å². The van der Waals surface area contributed by atoms with Crippen molar-refractivity contribution in [1.82, 2.24) is 0 Å². The summed E-state index contributed by atoms with van der Waals surface area (Å²) in [6.07, 6.45) is 2.46. The molecule has 1 fully saturated rings. The van der Waals surface area contributed by atoms with Crippen LogP contribution in [0.1, 0.15) is 50.2 Å². The molecule has 110 valence electrons. The minimum Gasteiger partial charge on any atom is -0.493 e. The minimum atomic E-state index is -0.176. The molecule has 0 N–H and O–H groups in total. The van der Waals surface area contributed by atoms with Gasteiger partial charge >= 0.3 is 0 Å². The van der Waals surface area contributed by atoms with Crippen molar-refractivity contribution >= 4 is 5.78 Å². The van der Waals surface area contributed by atoms with Crippen LogP contribution in [-0.2, 0) is 4.79 Å². The highest BCUT2D eigenvalue weighted by Gasteiger charge is 2.52. The fourth-order valence-electron chi connectivity index (χ4n) is 3.56. The Morgan fingerprint density at radius 2 is 1.70 bits per heavy atom. The van der Waals surface area contributed by atoms with E-state index in [2.05, 4.69) is 20.8 Å². The number of carbonyl (C=O) groups is 1. The highest BCUT2D eigenvalue weighted by Crippen LogP contribution is 2.55. The maximum Gasteiger partial charge on any atom is 0.161 e. The van der Waals surface area contributed by atoms with E-state index in [1.165, 1.54) is 11.1 Å². The van der Waals surface area contributed by atoms with Crippen molar-refractivity contribution < 1.29 is 14.3 Å². The van der Waals surface area contributed by atoms with Gasteiger partial charge in [-0.1, -0.05) is 13.8 Å². The maximum atomic E-state index is 12.1. The summed E-state index contributed by atoms with van der Waals surface area (Å²) < 4.78 is 10.7. The number of rotatable bonds is 5. The van der Waals surface area contributed by atoms with Crippen LogP contribution in [0.3, 0.4) is 0 Å². The number of methoxy groups -OCH3 is 2. The Hall–Kier alpha value is -1.51. The lowest BCUT2D eigenvalue weighted by molar-refractivity contribution is -0.141. The second-order valence-electron chi connectivity index (χ2n) is 5.61. The summed E-state index contributed by atoms with van der Waals surface area (Å²) in [5, 5.41) is 0. The van der Waals surface area contributed by atoms with Crippen molar-refractivity contribution in [3.63, 3.8) is 0 Å². The molecule has 1 aromatic rings. The first-order valence-electron chi connectivity index (χ1n) is 7.29. The van der Waals surface area contributed by atoms with Gasteiger partial charge in [0.2, 0.25) is 0 Å². The third-order valence-electron chi connectivity index (χ3n) is 5.02. The molecule has 3 nitrogen and oxygen atoms in total. The molecule has 1 aliphatic rings. The molecule has 0 aliphatic heterocycles. The predicted molar refractivity (Wildman–Crippen MR) is 79.7 cm³/mol. The zero-order valence-electron chi connectivity index (χ0n) is 13.1. The molecule has 2 rings (SSSR count). The monoisotopic (exact) mass is 276 g/mol. The Bertz CT molecular complexity index is 515. The summed E-state index contributed by atoms with van der Waals surface area (Å²) in [5.41, 5.74) is 2.22. The minimum absolute atomic E-state index is 0.176. The van der Waals surface area contributed by atoms with Gasteiger partial charge in [0, 0.05) is 17.8 Å². The quantitative estimate of drug-likeness (QED) is 0.819. The molecule has 0 amide bonds. The molecule has 1 aromatic carbocycles. The first-order valence-corrected chi connectivity index (χ1v) is 7.29. The molecule has 1 atom stereocenters. The number of Topliss-reactive ketones (excluding diaryl/α,β-unsaturated/α-hetero) is 1. The van der Waals surface area contributed by atoms with Gasteiger partial charge in [0.25, 0.3) is 0 Å². The third kappa shape index (κ3) is 2.00. The van der Waals surface area contributed by atoms with Crippen LogP contribution in [0, 0.1) is 12.3 Å². The van der Waals surface area contributed by atoms with E-state index in [-0.39, 0.29) is 5.41 Å². The molecule has 3 heteroatoms. The van der Waals surface area contributed by atoms with E-state index in [0.29, 0.717) is 18.1 Å². The highest BCUT2D eigenvalue weighted by molar-refractivity contribution is 5.93. The Morgan fingerprint density at radius 1 is 1.15 bits per heavy atom. The first-order chi connectivity index (χ1) is 9.53. The van der Waals surface area contributed by atoms with E-state index >= 15 is 0 Å². The molecule has 0 spiro atoms. The second kappa shape index (κ2) is 5.47. The third-order valence-corrected chi connectivity index (χ3v) is 5.02.